The zero-order valence-corrected chi connectivity index (χ0v) is 8.31. The van der Waals surface area contributed by atoms with Gasteiger partial charge in [0.25, 0.3) is 0 Å². The molecule has 0 aromatic rings. The van der Waals surface area contributed by atoms with E-state index in [0.29, 0.717) is 12.2 Å². The summed E-state index contributed by atoms with van der Waals surface area (Å²) in [5, 5.41) is 3.30. The predicted octanol–water partition coefficient (Wildman–Crippen LogP) is 1.94. The summed E-state index contributed by atoms with van der Waals surface area (Å²) in [7, 11) is 0. The molecule has 2 heteroatoms. The van der Waals surface area contributed by atoms with Gasteiger partial charge in [0.15, 0.2) is 0 Å². The van der Waals surface area contributed by atoms with Gasteiger partial charge in [0, 0.05) is 6.54 Å². The van der Waals surface area contributed by atoms with E-state index < -0.39 is 0 Å². The van der Waals surface area contributed by atoms with Crippen molar-refractivity contribution in [3.05, 3.63) is 0 Å². The molecule has 0 bridgehead atoms. The molecule has 1 aliphatic carbocycles. The Morgan fingerprint density at radius 3 is 2.67 bits per heavy atom. The van der Waals surface area contributed by atoms with Crippen molar-refractivity contribution in [1.29, 1.82) is 0 Å². The molecule has 1 unspecified atom stereocenters. The van der Waals surface area contributed by atoms with Crippen molar-refractivity contribution in [2.75, 3.05) is 13.1 Å². The first-order valence-electron chi connectivity index (χ1n) is 5.19. The van der Waals surface area contributed by atoms with Gasteiger partial charge in [0.1, 0.15) is 0 Å². The summed E-state index contributed by atoms with van der Waals surface area (Å²) in [5.41, 5.74) is 0. The monoisotopic (exact) mass is 171 g/mol. The van der Waals surface area contributed by atoms with Crippen LogP contribution in [-0.2, 0) is 4.74 Å². The van der Waals surface area contributed by atoms with E-state index in [9.17, 15) is 0 Å². The molecule has 72 valence electrons. The SMILES string of the molecule is CCNCC(C)OC1CCCC1. The van der Waals surface area contributed by atoms with Crippen molar-refractivity contribution in [1.82, 2.24) is 5.32 Å². The van der Waals surface area contributed by atoms with Crippen LogP contribution < -0.4 is 5.32 Å². The fourth-order valence-corrected chi connectivity index (χ4v) is 1.75. The van der Waals surface area contributed by atoms with E-state index >= 15 is 0 Å². The van der Waals surface area contributed by atoms with Crippen molar-refractivity contribution in [2.24, 2.45) is 0 Å². The molecule has 0 spiro atoms. The van der Waals surface area contributed by atoms with Crippen molar-refractivity contribution < 1.29 is 4.74 Å². The molecule has 1 atom stereocenters. The molecule has 1 fully saturated rings. The van der Waals surface area contributed by atoms with Crippen LogP contribution in [0.25, 0.3) is 0 Å². The number of hydrogen-bond donors (Lipinski definition) is 1. The third kappa shape index (κ3) is 3.55. The maximum absolute atomic E-state index is 5.85. The minimum absolute atomic E-state index is 0.382. The van der Waals surface area contributed by atoms with Crippen LogP contribution in [-0.4, -0.2) is 25.3 Å². The summed E-state index contributed by atoms with van der Waals surface area (Å²) in [5.74, 6) is 0. The molecule has 0 aromatic carbocycles. The first-order chi connectivity index (χ1) is 5.83. The Morgan fingerprint density at radius 1 is 1.42 bits per heavy atom. The highest BCUT2D eigenvalue weighted by Gasteiger charge is 2.17. The Labute approximate surface area is 75.7 Å². The van der Waals surface area contributed by atoms with E-state index in [1.165, 1.54) is 25.7 Å². The standard InChI is InChI=1S/C10H21NO/c1-3-11-8-9(2)12-10-6-4-5-7-10/h9-11H,3-8H2,1-2H3. The predicted molar refractivity (Wildman–Crippen MR) is 51.3 cm³/mol. The third-order valence-corrected chi connectivity index (χ3v) is 2.41. The molecule has 1 saturated carbocycles. The fourth-order valence-electron chi connectivity index (χ4n) is 1.75. The molecular formula is C10H21NO. The molecule has 2 nitrogen and oxygen atoms in total. The highest BCUT2D eigenvalue weighted by Crippen LogP contribution is 2.21. The molecule has 0 saturated heterocycles. The number of rotatable bonds is 5. The smallest absolute Gasteiger partial charge is 0.0675 e. The zero-order chi connectivity index (χ0) is 8.81. The number of likely N-dealkylation sites (N-methyl/N-ethyl adjacent to an activating group) is 1. The van der Waals surface area contributed by atoms with Gasteiger partial charge in [-0.05, 0) is 26.3 Å². The van der Waals surface area contributed by atoms with Gasteiger partial charge in [-0.2, -0.15) is 0 Å². The van der Waals surface area contributed by atoms with Gasteiger partial charge < -0.3 is 10.1 Å². The minimum atomic E-state index is 0.382. The Kier molecular flexibility index (Phi) is 4.62. The highest BCUT2D eigenvalue weighted by molar-refractivity contribution is 4.68. The Hall–Kier alpha value is -0.0800. The average Bonchev–Trinajstić information content (AvgIpc) is 2.53. The number of hydrogen-bond acceptors (Lipinski definition) is 2. The van der Waals surface area contributed by atoms with E-state index in [1.807, 2.05) is 0 Å². The third-order valence-electron chi connectivity index (χ3n) is 2.41. The second kappa shape index (κ2) is 5.55. The highest BCUT2D eigenvalue weighted by atomic mass is 16.5. The van der Waals surface area contributed by atoms with Gasteiger partial charge in [-0.15, -0.1) is 0 Å². The zero-order valence-electron chi connectivity index (χ0n) is 8.31. The first kappa shape index (κ1) is 10.0. The largest absolute Gasteiger partial charge is 0.374 e. The molecule has 0 aliphatic heterocycles. The summed E-state index contributed by atoms with van der Waals surface area (Å²) in [4.78, 5) is 0. The van der Waals surface area contributed by atoms with E-state index in [4.69, 9.17) is 4.74 Å². The molecule has 12 heavy (non-hydrogen) atoms. The second-order valence-corrected chi connectivity index (χ2v) is 3.66. The average molecular weight is 171 g/mol. The van der Waals surface area contributed by atoms with Crippen LogP contribution in [0.4, 0.5) is 0 Å². The molecule has 1 rings (SSSR count). The fraction of sp³-hybridized carbons (Fsp3) is 1.00. The van der Waals surface area contributed by atoms with Crippen molar-refractivity contribution in [2.45, 2.75) is 51.7 Å². The lowest BCUT2D eigenvalue weighted by Gasteiger charge is -2.18. The Bertz CT molecular complexity index is 110. The summed E-state index contributed by atoms with van der Waals surface area (Å²) in [6.45, 7) is 6.31. The van der Waals surface area contributed by atoms with Crippen molar-refractivity contribution in [3.63, 3.8) is 0 Å². The molecule has 0 amide bonds. The second-order valence-electron chi connectivity index (χ2n) is 3.66. The van der Waals surface area contributed by atoms with E-state index in [-0.39, 0.29) is 0 Å². The first-order valence-corrected chi connectivity index (χ1v) is 5.19. The van der Waals surface area contributed by atoms with Gasteiger partial charge in [-0.3, -0.25) is 0 Å². The van der Waals surface area contributed by atoms with E-state index in [2.05, 4.69) is 19.2 Å². The summed E-state index contributed by atoms with van der Waals surface area (Å²) < 4.78 is 5.85. The maximum atomic E-state index is 5.85. The van der Waals surface area contributed by atoms with Gasteiger partial charge in [-0.25, -0.2) is 0 Å². The van der Waals surface area contributed by atoms with Gasteiger partial charge >= 0.3 is 0 Å². The van der Waals surface area contributed by atoms with Crippen LogP contribution in [0.1, 0.15) is 39.5 Å². The Morgan fingerprint density at radius 2 is 2.08 bits per heavy atom. The topological polar surface area (TPSA) is 21.3 Å². The Balaban J connectivity index is 2.03. The normalized spacial score (nSPS) is 21.5. The lowest BCUT2D eigenvalue weighted by Crippen LogP contribution is -2.29. The number of ether oxygens (including phenoxy) is 1. The number of nitrogens with one attached hydrogen (secondary N) is 1. The van der Waals surface area contributed by atoms with Gasteiger partial charge in [0.05, 0.1) is 12.2 Å². The van der Waals surface area contributed by atoms with Crippen LogP contribution in [0.2, 0.25) is 0 Å². The lowest BCUT2D eigenvalue weighted by molar-refractivity contribution is 0.00339. The van der Waals surface area contributed by atoms with Crippen LogP contribution in [0, 0.1) is 0 Å². The minimum Gasteiger partial charge on any atom is -0.374 e. The van der Waals surface area contributed by atoms with Crippen LogP contribution >= 0.6 is 0 Å². The molecule has 0 radical (unpaired) electrons. The molecule has 1 N–H and O–H groups in total. The summed E-state index contributed by atoms with van der Waals surface area (Å²) in [6, 6.07) is 0. The van der Waals surface area contributed by atoms with Crippen molar-refractivity contribution >= 4 is 0 Å². The van der Waals surface area contributed by atoms with Crippen molar-refractivity contribution in [3.8, 4) is 0 Å². The molecular weight excluding hydrogens is 150 g/mol. The maximum Gasteiger partial charge on any atom is 0.0675 e. The van der Waals surface area contributed by atoms with Gasteiger partial charge in [0.2, 0.25) is 0 Å². The van der Waals surface area contributed by atoms with Crippen LogP contribution in [0.3, 0.4) is 0 Å². The van der Waals surface area contributed by atoms with Crippen LogP contribution in [0.5, 0.6) is 0 Å². The van der Waals surface area contributed by atoms with E-state index in [0.717, 1.165) is 13.1 Å². The van der Waals surface area contributed by atoms with Gasteiger partial charge in [-0.1, -0.05) is 19.8 Å². The quantitative estimate of drug-likeness (QED) is 0.682. The molecule has 1 aliphatic rings. The van der Waals surface area contributed by atoms with Crippen LogP contribution in [0.15, 0.2) is 0 Å². The molecule has 0 heterocycles. The molecule has 0 aromatic heterocycles. The summed E-state index contributed by atoms with van der Waals surface area (Å²) in [6.07, 6.45) is 6.20. The van der Waals surface area contributed by atoms with E-state index in [1.54, 1.807) is 0 Å². The lowest BCUT2D eigenvalue weighted by atomic mass is 10.3. The summed E-state index contributed by atoms with van der Waals surface area (Å²) >= 11 is 0.